The van der Waals surface area contributed by atoms with Gasteiger partial charge in [0.25, 0.3) is 5.78 Å². The molecular weight excluding hydrogens is 650 g/mol. The molecule has 10 unspecified atom stereocenters. The number of Topliss-reactive ketones (excluding diaryl/α,β-unsaturated/α-hetero) is 2. The Bertz CT molecular complexity index is 1660. The zero-order chi connectivity index (χ0) is 37.4. The van der Waals surface area contributed by atoms with E-state index in [0.29, 0.717) is 0 Å². The first-order chi connectivity index (χ1) is 23.4. The van der Waals surface area contributed by atoms with Gasteiger partial charge in [-0.2, -0.15) is 0 Å². The number of methoxy groups -OCH3 is 1. The lowest BCUT2D eigenvalue weighted by atomic mass is 9.78. The van der Waals surface area contributed by atoms with Crippen molar-refractivity contribution in [2.75, 3.05) is 7.11 Å². The van der Waals surface area contributed by atoms with E-state index in [1.165, 1.54) is 40.2 Å². The highest BCUT2D eigenvalue weighted by Gasteiger charge is 2.51. The highest BCUT2D eigenvalue weighted by Crippen LogP contribution is 2.48. The molecule has 3 aliphatic heterocycles. The predicted molar refractivity (Wildman–Crippen MR) is 179 cm³/mol. The summed E-state index contributed by atoms with van der Waals surface area (Å²) in [6.45, 7) is 12.5. The van der Waals surface area contributed by atoms with Crippen molar-refractivity contribution < 1.29 is 58.2 Å². The Balaban J connectivity index is 1.80. The summed E-state index contributed by atoms with van der Waals surface area (Å²) in [5.41, 5.74) is -1.36. The van der Waals surface area contributed by atoms with Crippen molar-refractivity contribution in [3.63, 3.8) is 0 Å². The maximum Gasteiger partial charge on any atom is 0.312 e. The van der Waals surface area contributed by atoms with E-state index in [1.54, 1.807) is 46.8 Å². The van der Waals surface area contributed by atoms with E-state index in [9.17, 15) is 39.3 Å². The Morgan fingerprint density at radius 1 is 0.960 bits per heavy atom. The van der Waals surface area contributed by atoms with E-state index < -0.39 is 100 Å². The summed E-state index contributed by atoms with van der Waals surface area (Å²) in [5.74, 6) is -9.35. The molecule has 0 spiro atoms. The fourth-order valence-corrected chi connectivity index (χ4v) is 6.81. The van der Waals surface area contributed by atoms with Gasteiger partial charge in [0.1, 0.15) is 17.6 Å². The number of aliphatic hydroxyl groups excluding tert-OH is 2. The molecule has 13 nitrogen and oxygen atoms in total. The minimum absolute atomic E-state index is 0.0202. The zero-order valence-electron chi connectivity index (χ0n) is 29.8. The van der Waals surface area contributed by atoms with Crippen LogP contribution in [0.5, 0.6) is 11.5 Å². The van der Waals surface area contributed by atoms with Crippen molar-refractivity contribution >= 4 is 29.2 Å². The number of phenolic OH excluding ortho intramolecular Hbond substituents is 1. The van der Waals surface area contributed by atoms with Crippen LogP contribution in [-0.4, -0.2) is 81.9 Å². The summed E-state index contributed by atoms with van der Waals surface area (Å²) in [5, 5.41) is 36.2. The maximum atomic E-state index is 13.9. The third-order valence-corrected chi connectivity index (χ3v) is 10.1. The molecule has 1 aliphatic carbocycles. The molecule has 4 aliphatic rings. The molecule has 1 aromatic carbocycles. The molecule has 0 aromatic heterocycles. The molecule has 13 heteroatoms. The number of carbonyl (C=O) groups excluding carboxylic acids is 5. The quantitative estimate of drug-likeness (QED) is 0.259. The topological polar surface area (TPSA) is 195 Å². The highest BCUT2D eigenvalue weighted by atomic mass is 16.7. The SMILES string of the molecule is COC1C=COC2(C)Oc3c(C)c(O)c4c(c3C2=O)C(=O)C=C(NC(=O)C(C)CC=CC(C)C(O)C(C)C(O)C(C)C(OC(C)=O)C1C)C4=O. The minimum atomic E-state index is -2.02. The molecule has 5 bridgehead atoms. The molecule has 3 heterocycles. The van der Waals surface area contributed by atoms with Gasteiger partial charge in [0, 0.05) is 62.2 Å². The number of fused-ring (bicyclic) bond motifs is 15. The van der Waals surface area contributed by atoms with Crippen LogP contribution in [0.3, 0.4) is 0 Å². The molecule has 50 heavy (non-hydrogen) atoms. The smallest absolute Gasteiger partial charge is 0.312 e. The number of ether oxygens (including phenoxy) is 4. The Morgan fingerprint density at radius 3 is 2.24 bits per heavy atom. The summed E-state index contributed by atoms with van der Waals surface area (Å²) < 4.78 is 23.1. The van der Waals surface area contributed by atoms with Crippen LogP contribution in [0.2, 0.25) is 0 Å². The van der Waals surface area contributed by atoms with Gasteiger partial charge >= 0.3 is 11.8 Å². The Hall–Kier alpha value is -4.33. The summed E-state index contributed by atoms with van der Waals surface area (Å²) in [4.78, 5) is 66.3. The number of ketones is 3. The Labute approximate surface area is 291 Å². The average molecular weight is 698 g/mol. The van der Waals surface area contributed by atoms with E-state index in [0.717, 1.165) is 6.08 Å². The third kappa shape index (κ3) is 7.12. The van der Waals surface area contributed by atoms with Crippen LogP contribution in [0, 0.1) is 36.5 Å². The van der Waals surface area contributed by atoms with Gasteiger partial charge in [0.15, 0.2) is 5.78 Å². The number of esters is 1. The van der Waals surface area contributed by atoms with Crippen molar-refractivity contribution in [2.45, 2.75) is 92.0 Å². The first-order valence-corrected chi connectivity index (χ1v) is 16.7. The summed E-state index contributed by atoms with van der Waals surface area (Å²) in [6.07, 6.45) is 3.41. The van der Waals surface area contributed by atoms with Crippen LogP contribution in [0.1, 0.15) is 91.5 Å². The van der Waals surface area contributed by atoms with Gasteiger partial charge in [-0.1, -0.05) is 46.8 Å². The lowest BCUT2D eigenvalue weighted by Crippen LogP contribution is -2.46. The van der Waals surface area contributed by atoms with E-state index in [1.807, 2.05) is 0 Å². The minimum Gasteiger partial charge on any atom is -0.507 e. The molecular formula is C37H47NO12. The normalized spacial score (nSPS) is 33.7. The lowest BCUT2D eigenvalue weighted by molar-refractivity contribution is -0.160. The number of allylic oxidation sites excluding steroid dienone is 3. The highest BCUT2D eigenvalue weighted by molar-refractivity contribution is 6.30. The standard InChI is InChI=1S/C37H47NO12/c1-16-11-10-12-17(2)36(46)38-23-15-24(40)26-27(32(23)44)31(43)21(6)34-28(26)35(45)37(8,50-34)48-14-13-25(47-9)18(3)33(49-22(7)39)20(5)30(42)19(4)29(16)41/h10-11,13-20,25,29-30,33,41-43H,12H2,1-9H3,(H,38,46). The third-order valence-electron chi connectivity index (χ3n) is 10.1. The monoisotopic (exact) mass is 697 g/mol. The number of benzene rings is 1. The molecule has 5 rings (SSSR count). The summed E-state index contributed by atoms with van der Waals surface area (Å²) in [7, 11) is 1.42. The number of hydrogen-bond acceptors (Lipinski definition) is 12. The number of phenols is 1. The fourth-order valence-electron chi connectivity index (χ4n) is 6.81. The van der Waals surface area contributed by atoms with E-state index in [2.05, 4.69) is 5.32 Å². The van der Waals surface area contributed by atoms with Gasteiger partial charge in [-0.05, 0) is 19.4 Å². The predicted octanol–water partition coefficient (Wildman–Crippen LogP) is 3.71. The average Bonchev–Trinajstić information content (AvgIpc) is 3.33. The largest absolute Gasteiger partial charge is 0.507 e. The first-order valence-electron chi connectivity index (χ1n) is 16.7. The first kappa shape index (κ1) is 38.5. The lowest BCUT2D eigenvalue weighted by Gasteiger charge is -2.38. The van der Waals surface area contributed by atoms with Crippen LogP contribution in [0.15, 0.2) is 36.3 Å². The van der Waals surface area contributed by atoms with Gasteiger partial charge in [-0.25, -0.2) is 0 Å². The second-order valence-corrected chi connectivity index (χ2v) is 13.7. The molecule has 4 N–H and O–H groups in total. The van der Waals surface area contributed by atoms with Crippen molar-refractivity contribution in [3.05, 3.63) is 58.5 Å². The van der Waals surface area contributed by atoms with Crippen LogP contribution >= 0.6 is 0 Å². The van der Waals surface area contributed by atoms with E-state index in [4.69, 9.17) is 18.9 Å². The van der Waals surface area contributed by atoms with Crippen LogP contribution in [0.4, 0.5) is 0 Å². The number of rotatable bonds is 2. The molecule has 0 saturated heterocycles. The Morgan fingerprint density at radius 2 is 1.62 bits per heavy atom. The molecule has 272 valence electrons. The number of aliphatic hydroxyl groups is 2. The number of aromatic hydroxyl groups is 1. The van der Waals surface area contributed by atoms with Crippen molar-refractivity contribution in [2.24, 2.45) is 29.6 Å². The molecule has 0 saturated carbocycles. The second-order valence-electron chi connectivity index (χ2n) is 13.7. The van der Waals surface area contributed by atoms with E-state index >= 15 is 0 Å². The van der Waals surface area contributed by atoms with Gasteiger partial charge in [0.05, 0.1) is 47.0 Å². The van der Waals surface area contributed by atoms with Crippen molar-refractivity contribution in [3.8, 4) is 11.5 Å². The number of nitrogens with one attached hydrogen (secondary N) is 1. The van der Waals surface area contributed by atoms with Gasteiger partial charge in [-0.15, -0.1) is 0 Å². The van der Waals surface area contributed by atoms with Crippen molar-refractivity contribution in [1.82, 2.24) is 5.32 Å². The van der Waals surface area contributed by atoms with Crippen LogP contribution in [0.25, 0.3) is 0 Å². The van der Waals surface area contributed by atoms with Gasteiger partial charge in [-0.3, -0.25) is 24.0 Å². The summed E-state index contributed by atoms with van der Waals surface area (Å²) >= 11 is 0. The Kier molecular flexibility index (Phi) is 11.4. The van der Waals surface area contributed by atoms with E-state index in [-0.39, 0.29) is 34.6 Å². The zero-order valence-corrected chi connectivity index (χ0v) is 29.8. The van der Waals surface area contributed by atoms with Gasteiger partial charge < -0.3 is 39.6 Å². The molecule has 1 amide bonds. The fraction of sp³-hybridized carbons (Fsp3) is 0.541. The second kappa shape index (κ2) is 14.9. The van der Waals surface area contributed by atoms with Crippen LogP contribution in [-0.2, 0) is 23.8 Å². The molecule has 10 atom stereocenters. The van der Waals surface area contributed by atoms with Gasteiger partial charge in [0.2, 0.25) is 11.7 Å². The number of amides is 1. The number of carbonyl (C=O) groups is 5. The van der Waals surface area contributed by atoms with Crippen molar-refractivity contribution in [1.29, 1.82) is 0 Å². The number of hydrogen-bond donors (Lipinski definition) is 4. The molecule has 1 aromatic rings. The maximum absolute atomic E-state index is 13.9. The summed E-state index contributed by atoms with van der Waals surface area (Å²) in [6, 6.07) is 0. The molecule has 0 radical (unpaired) electrons. The van der Waals surface area contributed by atoms with Crippen LogP contribution < -0.4 is 10.1 Å². The molecule has 0 fully saturated rings.